The van der Waals surface area contributed by atoms with Gasteiger partial charge >= 0.3 is 5.97 Å². The zero-order chi connectivity index (χ0) is 14.8. The second-order valence-corrected chi connectivity index (χ2v) is 7.26. The number of carbonyl (C=O) groups is 1. The Bertz CT molecular complexity index is 602. The molecular weight excluding hydrogens is 302 g/mol. The van der Waals surface area contributed by atoms with Gasteiger partial charge in [0.05, 0.1) is 11.7 Å². The van der Waals surface area contributed by atoms with Crippen LogP contribution in [0.15, 0.2) is 24.3 Å². The molecule has 1 fully saturated rings. The summed E-state index contributed by atoms with van der Waals surface area (Å²) < 4.78 is 26.0. The van der Waals surface area contributed by atoms with Gasteiger partial charge in [0.25, 0.3) is 0 Å². The smallest absolute Gasteiger partial charge is 0.307 e. The van der Waals surface area contributed by atoms with Crippen LogP contribution in [0.2, 0.25) is 5.02 Å². The molecule has 110 valence electrons. The van der Waals surface area contributed by atoms with Crippen molar-refractivity contribution in [2.75, 3.05) is 13.1 Å². The normalized spacial score (nSPS) is 20.8. The van der Waals surface area contributed by atoms with Gasteiger partial charge in [0.15, 0.2) is 0 Å². The third kappa shape index (κ3) is 3.50. The van der Waals surface area contributed by atoms with Crippen molar-refractivity contribution < 1.29 is 18.3 Å². The van der Waals surface area contributed by atoms with Gasteiger partial charge in [-0.1, -0.05) is 29.8 Å². The van der Waals surface area contributed by atoms with Crippen LogP contribution in [0.5, 0.6) is 0 Å². The molecule has 5 nitrogen and oxygen atoms in total. The summed E-state index contributed by atoms with van der Waals surface area (Å²) in [5, 5.41) is 9.42. The lowest BCUT2D eigenvalue weighted by Crippen LogP contribution is -2.42. The fraction of sp³-hybridized carbons (Fsp3) is 0.462. The first-order valence-corrected chi connectivity index (χ1v) is 8.33. The van der Waals surface area contributed by atoms with E-state index in [1.54, 1.807) is 24.3 Å². The van der Waals surface area contributed by atoms with Crippen molar-refractivity contribution in [2.45, 2.75) is 18.6 Å². The van der Waals surface area contributed by atoms with Gasteiger partial charge in [-0.15, -0.1) is 0 Å². The van der Waals surface area contributed by atoms with Crippen molar-refractivity contribution in [3.8, 4) is 0 Å². The molecule has 1 heterocycles. The van der Waals surface area contributed by atoms with E-state index in [4.69, 9.17) is 16.7 Å². The summed E-state index contributed by atoms with van der Waals surface area (Å²) >= 11 is 5.97. The molecule has 1 aromatic carbocycles. The van der Waals surface area contributed by atoms with Gasteiger partial charge in [-0.2, -0.15) is 0 Å². The lowest BCUT2D eigenvalue weighted by Gasteiger charge is -2.29. The van der Waals surface area contributed by atoms with Crippen LogP contribution >= 0.6 is 11.6 Å². The molecule has 0 spiro atoms. The van der Waals surface area contributed by atoms with E-state index in [2.05, 4.69) is 0 Å². The minimum absolute atomic E-state index is 0.0438. The second kappa shape index (κ2) is 6.11. The minimum atomic E-state index is -3.54. The van der Waals surface area contributed by atoms with E-state index in [0.29, 0.717) is 30.0 Å². The van der Waals surface area contributed by atoms with Crippen LogP contribution in [-0.2, 0) is 20.6 Å². The fourth-order valence-electron chi connectivity index (χ4n) is 2.30. The number of aliphatic carboxylic acids is 1. The SMILES string of the molecule is O=C(O)C1CCCN(S(=O)(=O)Cc2ccccc2Cl)C1. The van der Waals surface area contributed by atoms with Crippen molar-refractivity contribution in [1.29, 1.82) is 0 Å². The number of hydrogen-bond donors (Lipinski definition) is 1. The van der Waals surface area contributed by atoms with E-state index in [0.717, 1.165) is 0 Å². The van der Waals surface area contributed by atoms with Gasteiger partial charge in [-0.05, 0) is 24.5 Å². The Morgan fingerprint density at radius 3 is 2.75 bits per heavy atom. The highest BCUT2D eigenvalue weighted by molar-refractivity contribution is 7.88. The standard InChI is InChI=1S/C13H16ClNO4S/c14-12-6-2-1-4-11(12)9-20(18,19)15-7-3-5-10(8-15)13(16)17/h1-2,4,6,10H,3,5,7-9H2,(H,16,17). The quantitative estimate of drug-likeness (QED) is 0.921. The molecule has 0 aromatic heterocycles. The number of rotatable bonds is 4. The van der Waals surface area contributed by atoms with Crippen LogP contribution in [-0.4, -0.2) is 36.9 Å². The first-order chi connectivity index (χ1) is 9.40. The lowest BCUT2D eigenvalue weighted by molar-refractivity contribution is -0.142. The molecule has 1 unspecified atom stereocenters. The van der Waals surface area contributed by atoms with Gasteiger partial charge in [-0.25, -0.2) is 12.7 Å². The summed E-state index contributed by atoms with van der Waals surface area (Å²) in [6.45, 7) is 0.415. The predicted molar refractivity (Wildman–Crippen MR) is 76.0 cm³/mol. The Morgan fingerprint density at radius 2 is 2.10 bits per heavy atom. The number of hydrogen-bond acceptors (Lipinski definition) is 3. The number of carboxylic acids is 1. The summed E-state index contributed by atoms with van der Waals surface area (Å²) in [7, 11) is -3.54. The van der Waals surface area contributed by atoms with Crippen molar-refractivity contribution in [3.63, 3.8) is 0 Å². The molecule has 0 amide bonds. The summed E-state index contributed by atoms with van der Waals surface area (Å²) in [5.74, 6) is -1.76. The molecular formula is C13H16ClNO4S. The molecule has 1 aromatic rings. The van der Waals surface area contributed by atoms with Crippen LogP contribution in [0.4, 0.5) is 0 Å². The lowest BCUT2D eigenvalue weighted by atomic mass is 10.0. The van der Waals surface area contributed by atoms with E-state index in [-0.39, 0.29) is 12.3 Å². The number of benzene rings is 1. The highest BCUT2D eigenvalue weighted by atomic mass is 35.5. The van der Waals surface area contributed by atoms with Crippen LogP contribution in [0.25, 0.3) is 0 Å². The van der Waals surface area contributed by atoms with E-state index in [1.165, 1.54) is 4.31 Å². The third-order valence-electron chi connectivity index (χ3n) is 3.42. The highest BCUT2D eigenvalue weighted by Gasteiger charge is 2.32. The van der Waals surface area contributed by atoms with E-state index in [9.17, 15) is 13.2 Å². The molecule has 1 aliphatic heterocycles. The zero-order valence-electron chi connectivity index (χ0n) is 10.8. The van der Waals surface area contributed by atoms with Crippen LogP contribution < -0.4 is 0 Å². The van der Waals surface area contributed by atoms with Crippen molar-refractivity contribution in [3.05, 3.63) is 34.9 Å². The van der Waals surface area contributed by atoms with Gasteiger partial charge in [0, 0.05) is 18.1 Å². The second-order valence-electron chi connectivity index (χ2n) is 4.88. The monoisotopic (exact) mass is 317 g/mol. The molecule has 1 aliphatic rings. The maximum Gasteiger partial charge on any atom is 0.307 e. The number of nitrogens with zero attached hydrogens (tertiary/aromatic N) is 1. The number of halogens is 1. The summed E-state index contributed by atoms with van der Waals surface area (Å²) in [4.78, 5) is 11.0. The van der Waals surface area contributed by atoms with E-state index < -0.39 is 21.9 Å². The first kappa shape index (κ1) is 15.3. The minimum Gasteiger partial charge on any atom is -0.481 e. The Kier molecular flexibility index (Phi) is 4.67. The van der Waals surface area contributed by atoms with Gasteiger partial charge in [0.2, 0.25) is 10.0 Å². The van der Waals surface area contributed by atoms with E-state index >= 15 is 0 Å². The van der Waals surface area contributed by atoms with Gasteiger partial charge in [-0.3, -0.25) is 4.79 Å². The van der Waals surface area contributed by atoms with Crippen LogP contribution in [0.3, 0.4) is 0 Å². The Hall–Kier alpha value is -1.11. The van der Waals surface area contributed by atoms with Crippen LogP contribution in [0.1, 0.15) is 18.4 Å². The molecule has 20 heavy (non-hydrogen) atoms. The maximum absolute atomic E-state index is 12.3. The Labute approximate surface area is 123 Å². The zero-order valence-corrected chi connectivity index (χ0v) is 12.4. The molecule has 7 heteroatoms. The molecule has 1 saturated heterocycles. The average molecular weight is 318 g/mol. The molecule has 1 N–H and O–H groups in total. The molecule has 1 atom stereocenters. The van der Waals surface area contributed by atoms with Gasteiger partial charge < -0.3 is 5.11 Å². The first-order valence-electron chi connectivity index (χ1n) is 6.34. The third-order valence-corrected chi connectivity index (χ3v) is 5.59. The molecule has 2 rings (SSSR count). The summed E-state index contributed by atoms with van der Waals surface area (Å²) in [6.07, 6.45) is 1.09. The maximum atomic E-state index is 12.3. The van der Waals surface area contributed by atoms with Gasteiger partial charge in [0.1, 0.15) is 0 Å². The highest BCUT2D eigenvalue weighted by Crippen LogP contribution is 2.24. The van der Waals surface area contributed by atoms with E-state index in [1.807, 2.05) is 0 Å². The Morgan fingerprint density at radius 1 is 1.40 bits per heavy atom. The Balaban J connectivity index is 2.14. The average Bonchev–Trinajstić information content (AvgIpc) is 2.41. The van der Waals surface area contributed by atoms with Crippen molar-refractivity contribution in [1.82, 2.24) is 4.31 Å². The van der Waals surface area contributed by atoms with Crippen molar-refractivity contribution in [2.24, 2.45) is 5.92 Å². The number of carboxylic acid groups (broad SMARTS) is 1. The van der Waals surface area contributed by atoms with Crippen molar-refractivity contribution >= 4 is 27.6 Å². The molecule has 0 saturated carbocycles. The number of piperidine rings is 1. The topological polar surface area (TPSA) is 74.7 Å². The number of sulfonamides is 1. The summed E-state index contributed by atoms with van der Waals surface area (Å²) in [5.41, 5.74) is 0.534. The molecule has 0 aliphatic carbocycles. The predicted octanol–water partition coefficient (Wildman–Crippen LogP) is 1.97. The summed E-state index contributed by atoms with van der Waals surface area (Å²) in [6, 6.07) is 6.77. The molecule has 0 bridgehead atoms. The fourth-order valence-corrected chi connectivity index (χ4v) is 4.22. The largest absolute Gasteiger partial charge is 0.481 e. The van der Waals surface area contributed by atoms with Crippen LogP contribution in [0, 0.1) is 5.92 Å². The molecule has 0 radical (unpaired) electrons.